The van der Waals surface area contributed by atoms with E-state index in [1.165, 1.54) is 11.1 Å². The van der Waals surface area contributed by atoms with Crippen molar-refractivity contribution in [2.75, 3.05) is 19.6 Å². The van der Waals surface area contributed by atoms with E-state index in [0.29, 0.717) is 0 Å². The molecular formula is C20H23N3O. The molecule has 1 aromatic heterocycles. The van der Waals surface area contributed by atoms with Gasteiger partial charge >= 0.3 is 0 Å². The van der Waals surface area contributed by atoms with Gasteiger partial charge in [0.15, 0.2) is 0 Å². The first-order valence-corrected chi connectivity index (χ1v) is 8.83. The summed E-state index contributed by atoms with van der Waals surface area (Å²) in [6.07, 6.45) is 6.81. The summed E-state index contributed by atoms with van der Waals surface area (Å²) in [5, 5.41) is 3.42. The van der Waals surface area contributed by atoms with Crippen LogP contribution in [0.3, 0.4) is 0 Å². The first-order valence-electron chi connectivity index (χ1n) is 8.83. The molecule has 0 bridgehead atoms. The maximum atomic E-state index is 13.4. The highest BCUT2D eigenvalue weighted by Crippen LogP contribution is 2.35. The summed E-state index contributed by atoms with van der Waals surface area (Å²) < 4.78 is 0. The predicted octanol–water partition coefficient (Wildman–Crippen LogP) is 2.67. The summed E-state index contributed by atoms with van der Waals surface area (Å²) in [6.45, 7) is 2.42. The van der Waals surface area contributed by atoms with Gasteiger partial charge in [-0.05, 0) is 42.0 Å². The first-order chi connectivity index (χ1) is 11.8. The van der Waals surface area contributed by atoms with E-state index in [2.05, 4.69) is 45.5 Å². The van der Waals surface area contributed by atoms with Crippen molar-refractivity contribution in [2.24, 2.45) is 0 Å². The number of carbonyl (C=O) groups is 1. The fourth-order valence-electron chi connectivity index (χ4n) is 4.05. The van der Waals surface area contributed by atoms with Crippen molar-refractivity contribution in [3.05, 3.63) is 65.5 Å². The van der Waals surface area contributed by atoms with E-state index in [1.807, 2.05) is 12.3 Å². The van der Waals surface area contributed by atoms with Crippen LogP contribution in [-0.2, 0) is 11.2 Å². The zero-order chi connectivity index (χ0) is 16.4. The Morgan fingerprint density at radius 1 is 1.21 bits per heavy atom. The predicted molar refractivity (Wildman–Crippen MR) is 93.7 cm³/mol. The third kappa shape index (κ3) is 2.82. The van der Waals surface area contributed by atoms with E-state index < -0.39 is 0 Å². The molecule has 0 radical (unpaired) electrons. The number of rotatable bonds is 2. The van der Waals surface area contributed by atoms with E-state index >= 15 is 0 Å². The van der Waals surface area contributed by atoms with Gasteiger partial charge in [0.05, 0.1) is 12.0 Å². The van der Waals surface area contributed by atoms with Crippen LogP contribution in [0.2, 0.25) is 0 Å². The minimum absolute atomic E-state index is 0.00669. The molecule has 1 saturated heterocycles. The van der Waals surface area contributed by atoms with Gasteiger partial charge in [-0.25, -0.2) is 0 Å². The molecule has 2 aliphatic rings. The molecule has 4 nitrogen and oxygen atoms in total. The fourth-order valence-corrected chi connectivity index (χ4v) is 4.05. The van der Waals surface area contributed by atoms with E-state index in [4.69, 9.17) is 0 Å². The third-order valence-corrected chi connectivity index (χ3v) is 5.26. The van der Waals surface area contributed by atoms with Crippen LogP contribution in [-0.4, -0.2) is 35.4 Å². The quantitative estimate of drug-likeness (QED) is 0.925. The lowest BCUT2D eigenvalue weighted by atomic mass is 9.81. The van der Waals surface area contributed by atoms with Crippen LogP contribution in [0.4, 0.5) is 0 Å². The van der Waals surface area contributed by atoms with Crippen LogP contribution in [0.25, 0.3) is 0 Å². The maximum absolute atomic E-state index is 13.4. The summed E-state index contributed by atoms with van der Waals surface area (Å²) in [4.78, 5) is 19.7. The largest absolute Gasteiger partial charge is 0.333 e. The van der Waals surface area contributed by atoms with Crippen LogP contribution in [0.5, 0.6) is 0 Å². The average Bonchev–Trinajstić information content (AvgIpc) is 2.68. The van der Waals surface area contributed by atoms with Crippen molar-refractivity contribution in [2.45, 2.75) is 31.2 Å². The molecule has 4 rings (SSSR count). The molecule has 2 atom stereocenters. The minimum Gasteiger partial charge on any atom is -0.333 e. The number of pyridine rings is 1. The van der Waals surface area contributed by atoms with Gasteiger partial charge in [-0.15, -0.1) is 0 Å². The lowest BCUT2D eigenvalue weighted by Gasteiger charge is -2.39. The monoisotopic (exact) mass is 321 g/mol. The SMILES string of the molecule is O=C(C1CCCc2ccccc21)N1CCNCC1c1cccnc1. The third-order valence-electron chi connectivity index (χ3n) is 5.26. The van der Waals surface area contributed by atoms with Crippen molar-refractivity contribution < 1.29 is 4.79 Å². The van der Waals surface area contributed by atoms with Crippen LogP contribution >= 0.6 is 0 Å². The van der Waals surface area contributed by atoms with Gasteiger partial charge < -0.3 is 10.2 Å². The molecule has 4 heteroatoms. The normalized spacial score (nSPS) is 23.6. The Morgan fingerprint density at radius 2 is 2.12 bits per heavy atom. The number of carbonyl (C=O) groups excluding carboxylic acids is 1. The number of fused-ring (bicyclic) bond motifs is 1. The van der Waals surface area contributed by atoms with Crippen LogP contribution in [0.1, 0.15) is 41.5 Å². The first kappa shape index (κ1) is 15.3. The molecular weight excluding hydrogens is 298 g/mol. The molecule has 1 N–H and O–H groups in total. The number of benzene rings is 1. The smallest absolute Gasteiger partial charge is 0.230 e. The molecule has 1 amide bonds. The number of aryl methyl sites for hydroxylation is 1. The van der Waals surface area contributed by atoms with Gasteiger partial charge in [-0.1, -0.05) is 30.3 Å². The van der Waals surface area contributed by atoms with Crippen molar-refractivity contribution in [3.8, 4) is 0 Å². The number of hydrogen-bond donors (Lipinski definition) is 1. The molecule has 0 saturated carbocycles. The number of aromatic nitrogens is 1. The molecule has 2 unspecified atom stereocenters. The fraction of sp³-hybridized carbons (Fsp3) is 0.400. The average molecular weight is 321 g/mol. The van der Waals surface area contributed by atoms with Crippen LogP contribution < -0.4 is 5.32 Å². The molecule has 1 fully saturated rings. The van der Waals surface area contributed by atoms with Crippen molar-refractivity contribution in [3.63, 3.8) is 0 Å². The van der Waals surface area contributed by atoms with Crippen LogP contribution in [0.15, 0.2) is 48.8 Å². The number of amides is 1. The molecule has 124 valence electrons. The molecule has 1 aliphatic carbocycles. The van der Waals surface area contributed by atoms with Gasteiger partial charge in [-0.2, -0.15) is 0 Å². The standard InChI is InChI=1S/C20H23N3O/c24-20(18-9-3-6-15-5-1-2-8-17(15)18)23-12-11-22-14-19(23)16-7-4-10-21-13-16/h1-2,4-5,7-8,10,13,18-19,22H,3,6,9,11-12,14H2. The summed E-state index contributed by atoms with van der Waals surface area (Å²) in [5.41, 5.74) is 3.69. The van der Waals surface area contributed by atoms with E-state index in [1.54, 1.807) is 6.20 Å². The Bertz CT molecular complexity index is 716. The number of piperazine rings is 1. The van der Waals surface area contributed by atoms with Gasteiger partial charge in [0, 0.05) is 32.0 Å². The topological polar surface area (TPSA) is 45.2 Å². The lowest BCUT2D eigenvalue weighted by Crippen LogP contribution is -2.50. The molecule has 0 spiro atoms. The second kappa shape index (κ2) is 6.73. The molecule has 24 heavy (non-hydrogen) atoms. The van der Waals surface area contributed by atoms with Crippen molar-refractivity contribution in [1.82, 2.24) is 15.2 Å². The summed E-state index contributed by atoms with van der Waals surface area (Å²) in [7, 11) is 0. The number of nitrogens with one attached hydrogen (secondary N) is 1. The lowest BCUT2D eigenvalue weighted by molar-refractivity contribution is -0.136. The van der Waals surface area contributed by atoms with E-state index in [9.17, 15) is 4.79 Å². The zero-order valence-electron chi connectivity index (χ0n) is 13.8. The Labute approximate surface area is 142 Å². The van der Waals surface area contributed by atoms with Crippen LogP contribution in [0, 0.1) is 0 Å². The van der Waals surface area contributed by atoms with E-state index in [-0.39, 0.29) is 17.9 Å². The Morgan fingerprint density at radius 3 is 3.00 bits per heavy atom. The van der Waals surface area contributed by atoms with Crippen molar-refractivity contribution >= 4 is 5.91 Å². The summed E-state index contributed by atoms with van der Waals surface area (Å²) in [6, 6.07) is 12.5. The number of nitrogens with zero attached hydrogens (tertiary/aromatic N) is 2. The highest BCUT2D eigenvalue weighted by atomic mass is 16.2. The highest BCUT2D eigenvalue weighted by molar-refractivity contribution is 5.85. The van der Waals surface area contributed by atoms with Gasteiger partial charge in [0.2, 0.25) is 5.91 Å². The second-order valence-corrected chi connectivity index (χ2v) is 6.68. The molecule has 2 heterocycles. The Balaban J connectivity index is 1.63. The molecule has 1 aliphatic heterocycles. The maximum Gasteiger partial charge on any atom is 0.230 e. The minimum atomic E-state index is 0.00669. The summed E-state index contributed by atoms with van der Waals surface area (Å²) >= 11 is 0. The molecule has 1 aromatic carbocycles. The second-order valence-electron chi connectivity index (χ2n) is 6.68. The summed E-state index contributed by atoms with van der Waals surface area (Å²) in [5.74, 6) is 0.282. The molecule has 2 aromatic rings. The highest BCUT2D eigenvalue weighted by Gasteiger charge is 2.35. The van der Waals surface area contributed by atoms with Gasteiger partial charge in [0.1, 0.15) is 0 Å². The van der Waals surface area contributed by atoms with Gasteiger partial charge in [-0.3, -0.25) is 9.78 Å². The Kier molecular flexibility index (Phi) is 4.30. The Hall–Kier alpha value is -2.20. The zero-order valence-corrected chi connectivity index (χ0v) is 13.8. The van der Waals surface area contributed by atoms with Crippen molar-refractivity contribution in [1.29, 1.82) is 0 Å². The number of hydrogen-bond acceptors (Lipinski definition) is 3. The van der Waals surface area contributed by atoms with Gasteiger partial charge in [0.25, 0.3) is 0 Å². The van der Waals surface area contributed by atoms with E-state index in [0.717, 1.165) is 44.5 Å².